The lowest BCUT2D eigenvalue weighted by Crippen LogP contribution is -2.41. The van der Waals surface area contributed by atoms with Crippen molar-refractivity contribution in [3.63, 3.8) is 0 Å². The fraction of sp³-hybridized carbons (Fsp3) is 0.524. The van der Waals surface area contributed by atoms with Crippen LogP contribution in [0.2, 0.25) is 0 Å². The first kappa shape index (κ1) is 16.5. The molecule has 0 amide bonds. The molecule has 1 aromatic heterocycles. The molecule has 2 aromatic rings. The van der Waals surface area contributed by atoms with Crippen LogP contribution in [0.3, 0.4) is 0 Å². The fourth-order valence-electron chi connectivity index (χ4n) is 3.73. The molecule has 2 heterocycles. The van der Waals surface area contributed by atoms with Crippen LogP contribution in [0.15, 0.2) is 30.5 Å². The molecule has 4 heteroatoms. The number of rotatable bonds is 5. The summed E-state index contributed by atoms with van der Waals surface area (Å²) in [4.78, 5) is 11.7. The van der Waals surface area contributed by atoms with Gasteiger partial charge in [-0.05, 0) is 63.3 Å². The largest absolute Gasteiger partial charge is 0.366 e. The second-order valence-electron chi connectivity index (χ2n) is 7.72. The highest BCUT2D eigenvalue weighted by molar-refractivity contribution is 5.36. The van der Waals surface area contributed by atoms with Crippen LogP contribution in [0.25, 0.3) is 0 Å². The summed E-state index contributed by atoms with van der Waals surface area (Å²) in [5, 5.41) is 3.65. The summed E-state index contributed by atoms with van der Waals surface area (Å²) < 4.78 is 0. The Balaban J connectivity index is 1.39. The molecular formula is C21H28N4. The van der Waals surface area contributed by atoms with Crippen molar-refractivity contribution in [2.75, 3.05) is 18.4 Å². The number of nitrogens with one attached hydrogen (secondary N) is 1. The normalized spacial score (nSPS) is 21.3. The first-order chi connectivity index (χ1) is 12.2. The number of hydrogen-bond donors (Lipinski definition) is 1. The van der Waals surface area contributed by atoms with Gasteiger partial charge in [0.2, 0.25) is 0 Å². The van der Waals surface area contributed by atoms with E-state index in [4.69, 9.17) is 4.98 Å². The molecule has 1 saturated carbocycles. The van der Waals surface area contributed by atoms with Crippen LogP contribution in [0, 0.1) is 13.8 Å². The third-order valence-corrected chi connectivity index (χ3v) is 5.37. The molecule has 1 saturated heterocycles. The Morgan fingerprint density at radius 2 is 2.04 bits per heavy atom. The minimum absolute atomic E-state index is 0.473. The number of likely N-dealkylation sites (tertiary alicyclic amines) is 1. The van der Waals surface area contributed by atoms with Crippen molar-refractivity contribution in [3.05, 3.63) is 53.0 Å². The van der Waals surface area contributed by atoms with Crippen molar-refractivity contribution in [1.82, 2.24) is 14.9 Å². The summed E-state index contributed by atoms with van der Waals surface area (Å²) in [6.45, 7) is 7.70. The van der Waals surface area contributed by atoms with Gasteiger partial charge >= 0.3 is 0 Å². The van der Waals surface area contributed by atoms with E-state index >= 15 is 0 Å². The predicted octanol–water partition coefficient (Wildman–Crippen LogP) is 4.05. The summed E-state index contributed by atoms with van der Waals surface area (Å²) in [5.41, 5.74) is 4.20. The lowest BCUT2D eigenvalue weighted by molar-refractivity contribution is 0.208. The van der Waals surface area contributed by atoms with E-state index in [2.05, 4.69) is 47.2 Å². The van der Waals surface area contributed by atoms with Crippen LogP contribution in [0.1, 0.15) is 54.1 Å². The molecule has 25 heavy (non-hydrogen) atoms. The molecule has 1 aliphatic carbocycles. The molecule has 1 aliphatic heterocycles. The minimum atomic E-state index is 0.473. The Hall–Kier alpha value is -1.94. The first-order valence-corrected chi connectivity index (χ1v) is 9.55. The summed E-state index contributed by atoms with van der Waals surface area (Å²) in [7, 11) is 0. The molecule has 1 aromatic carbocycles. The van der Waals surface area contributed by atoms with Crippen molar-refractivity contribution >= 4 is 5.82 Å². The number of benzene rings is 1. The van der Waals surface area contributed by atoms with Crippen LogP contribution in [-0.2, 0) is 6.54 Å². The monoisotopic (exact) mass is 336 g/mol. The minimum Gasteiger partial charge on any atom is -0.366 e. The number of hydrogen-bond acceptors (Lipinski definition) is 4. The van der Waals surface area contributed by atoms with Gasteiger partial charge in [0.05, 0.1) is 0 Å². The molecule has 1 unspecified atom stereocenters. The molecule has 0 spiro atoms. The average molecular weight is 336 g/mol. The smallest absolute Gasteiger partial charge is 0.133 e. The molecule has 1 atom stereocenters. The van der Waals surface area contributed by atoms with Gasteiger partial charge in [0, 0.05) is 31.2 Å². The second kappa shape index (κ2) is 7.12. The summed E-state index contributed by atoms with van der Waals surface area (Å²) in [6.07, 6.45) is 6.85. The Labute approximate surface area is 150 Å². The summed E-state index contributed by atoms with van der Waals surface area (Å²) in [6, 6.07) is 9.26. The topological polar surface area (TPSA) is 41.0 Å². The van der Waals surface area contributed by atoms with Gasteiger partial charge in [0.1, 0.15) is 11.6 Å². The van der Waals surface area contributed by atoms with E-state index < -0.39 is 0 Å². The van der Waals surface area contributed by atoms with E-state index in [1.807, 2.05) is 12.3 Å². The highest BCUT2D eigenvalue weighted by Gasteiger charge is 2.27. The third kappa shape index (κ3) is 4.18. The molecule has 0 radical (unpaired) electrons. The van der Waals surface area contributed by atoms with E-state index in [1.54, 1.807) is 0 Å². The van der Waals surface area contributed by atoms with E-state index in [0.717, 1.165) is 24.7 Å². The van der Waals surface area contributed by atoms with Gasteiger partial charge in [-0.15, -0.1) is 0 Å². The average Bonchev–Trinajstić information content (AvgIpc) is 3.44. The summed E-state index contributed by atoms with van der Waals surface area (Å²) >= 11 is 0. The molecular weight excluding hydrogens is 308 g/mol. The number of aryl methyl sites for hydroxylation is 2. The van der Waals surface area contributed by atoms with Crippen molar-refractivity contribution in [1.29, 1.82) is 0 Å². The Morgan fingerprint density at radius 1 is 1.16 bits per heavy atom. The molecule has 0 bridgehead atoms. The van der Waals surface area contributed by atoms with Crippen LogP contribution < -0.4 is 5.32 Å². The Morgan fingerprint density at radius 3 is 2.88 bits per heavy atom. The number of aromatic nitrogens is 2. The summed E-state index contributed by atoms with van der Waals surface area (Å²) in [5.74, 6) is 2.62. The van der Waals surface area contributed by atoms with Crippen LogP contribution >= 0.6 is 0 Å². The molecule has 2 aliphatic rings. The maximum Gasteiger partial charge on any atom is 0.133 e. The first-order valence-electron chi connectivity index (χ1n) is 9.55. The zero-order chi connectivity index (χ0) is 17.2. The van der Waals surface area contributed by atoms with Crippen molar-refractivity contribution in [2.24, 2.45) is 0 Å². The molecule has 2 fully saturated rings. The van der Waals surface area contributed by atoms with Gasteiger partial charge < -0.3 is 5.32 Å². The maximum atomic E-state index is 4.72. The SMILES string of the molecule is Cc1ccc(C)c(CN2CCCC(Nc3ccnc(C4CC4)n3)C2)c1. The van der Waals surface area contributed by atoms with Gasteiger partial charge in [0.15, 0.2) is 0 Å². The van der Waals surface area contributed by atoms with Gasteiger partial charge in [0.25, 0.3) is 0 Å². The lowest BCUT2D eigenvalue weighted by atomic mass is 10.0. The van der Waals surface area contributed by atoms with E-state index in [1.165, 1.54) is 48.9 Å². The number of anilines is 1. The Kier molecular flexibility index (Phi) is 4.71. The lowest BCUT2D eigenvalue weighted by Gasteiger charge is -2.33. The van der Waals surface area contributed by atoms with Crippen molar-refractivity contribution < 1.29 is 0 Å². The predicted molar refractivity (Wildman–Crippen MR) is 102 cm³/mol. The fourth-order valence-corrected chi connectivity index (χ4v) is 3.73. The zero-order valence-electron chi connectivity index (χ0n) is 15.3. The van der Waals surface area contributed by atoms with Crippen molar-refractivity contribution in [2.45, 2.75) is 58.0 Å². The van der Waals surface area contributed by atoms with Crippen molar-refractivity contribution in [3.8, 4) is 0 Å². The van der Waals surface area contributed by atoms with Crippen LogP contribution in [0.4, 0.5) is 5.82 Å². The zero-order valence-corrected chi connectivity index (χ0v) is 15.3. The van der Waals surface area contributed by atoms with Gasteiger partial charge in [-0.1, -0.05) is 23.8 Å². The molecule has 4 nitrogen and oxygen atoms in total. The standard InChI is InChI=1S/C21H28N4/c1-15-5-6-16(2)18(12-15)13-25-11-3-4-19(14-25)23-20-9-10-22-21(24-20)17-7-8-17/h5-6,9-10,12,17,19H,3-4,7-8,11,13-14H2,1-2H3,(H,22,23,24). The highest BCUT2D eigenvalue weighted by atomic mass is 15.2. The number of piperidine rings is 1. The van der Waals surface area contributed by atoms with Gasteiger partial charge in [-0.25, -0.2) is 9.97 Å². The number of nitrogens with zero attached hydrogens (tertiary/aromatic N) is 3. The van der Waals surface area contributed by atoms with E-state index in [0.29, 0.717) is 12.0 Å². The van der Waals surface area contributed by atoms with E-state index in [9.17, 15) is 0 Å². The molecule has 132 valence electrons. The molecule has 4 rings (SSSR count). The maximum absolute atomic E-state index is 4.72. The quantitative estimate of drug-likeness (QED) is 0.894. The van der Waals surface area contributed by atoms with Crippen LogP contribution in [0.5, 0.6) is 0 Å². The second-order valence-corrected chi connectivity index (χ2v) is 7.72. The Bertz CT molecular complexity index is 738. The highest BCUT2D eigenvalue weighted by Crippen LogP contribution is 2.38. The van der Waals surface area contributed by atoms with Crippen LogP contribution in [-0.4, -0.2) is 34.0 Å². The van der Waals surface area contributed by atoms with Gasteiger partial charge in [-0.2, -0.15) is 0 Å². The van der Waals surface area contributed by atoms with E-state index in [-0.39, 0.29) is 0 Å². The van der Waals surface area contributed by atoms with Gasteiger partial charge in [-0.3, -0.25) is 4.90 Å². The third-order valence-electron chi connectivity index (χ3n) is 5.37. The molecule has 1 N–H and O–H groups in total.